The summed E-state index contributed by atoms with van der Waals surface area (Å²) in [5.74, 6) is -29.9. The molecule has 0 radical (unpaired) electrons. The van der Waals surface area contributed by atoms with Gasteiger partial charge in [-0.3, -0.25) is 4.79 Å². The van der Waals surface area contributed by atoms with E-state index in [2.05, 4.69) is 0 Å². The number of alkyl halides is 11. The van der Waals surface area contributed by atoms with Crippen LogP contribution in [0.5, 0.6) is 0 Å². The summed E-state index contributed by atoms with van der Waals surface area (Å²) >= 11 is 0. The predicted molar refractivity (Wildman–Crippen MR) is 77.7 cm³/mol. The Morgan fingerprint density at radius 1 is 1.03 bits per heavy atom. The van der Waals surface area contributed by atoms with E-state index in [-0.39, 0.29) is 0 Å². The lowest BCUT2D eigenvalue weighted by atomic mass is 9.52. The first kappa shape index (κ1) is 23.1. The van der Waals surface area contributed by atoms with Crippen molar-refractivity contribution < 1.29 is 58.2 Å². The second-order valence-corrected chi connectivity index (χ2v) is 8.41. The Bertz CT molecular complexity index is 804. The molecule has 172 valence electrons. The summed E-state index contributed by atoms with van der Waals surface area (Å²) in [4.78, 5) is 12.0. The largest absolute Gasteiger partial charge is 0.481 e. The zero-order valence-electron chi connectivity index (χ0n) is 15.2. The molecule has 0 aromatic heterocycles. The van der Waals surface area contributed by atoms with E-state index in [9.17, 15) is 53.8 Å². The maximum absolute atomic E-state index is 15.6. The number of halogens is 11. The van der Waals surface area contributed by atoms with Crippen LogP contribution in [0.4, 0.5) is 48.3 Å². The highest BCUT2D eigenvalue weighted by atomic mass is 19.4. The Labute approximate surface area is 162 Å². The molecule has 0 aromatic carbocycles. The summed E-state index contributed by atoms with van der Waals surface area (Å²) in [6.07, 6.45) is -10.8. The molecule has 6 unspecified atom stereocenters. The van der Waals surface area contributed by atoms with Crippen LogP contribution in [0.25, 0.3) is 0 Å². The molecule has 0 amide bonds. The van der Waals surface area contributed by atoms with Gasteiger partial charge in [0.25, 0.3) is 0 Å². The summed E-state index contributed by atoms with van der Waals surface area (Å²) < 4.78 is 156. The molecular formula is C17H15F11O2. The summed E-state index contributed by atoms with van der Waals surface area (Å²) in [6, 6.07) is 0. The lowest BCUT2D eigenvalue weighted by molar-refractivity contribution is -0.319. The molecule has 1 N–H and O–H groups in total. The van der Waals surface area contributed by atoms with Crippen molar-refractivity contribution in [1.29, 1.82) is 0 Å². The van der Waals surface area contributed by atoms with Crippen molar-refractivity contribution >= 4 is 5.97 Å². The fourth-order valence-electron chi connectivity index (χ4n) is 5.74. The second kappa shape index (κ2) is 5.62. The normalized spacial score (nSPS) is 46.0. The summed E-state index contributed by atoms with van der Waals surface area (Å²) in [5.41, 5.74) is -13.0. The van der Waals surface area contributed by atoms with Crippen molar-refractivity contribution in [2.75, 3.05) is 0 Å². The number of rotatable bonds is 3. The summed E-state index contributed by atoms with van der Waals surface area (Å²) in [7, 11) is 0. The van der Waals surface area contributed by atoms with Gasteiger partial charge in [-0.05, 0) is 18.3 Å². The van der Waals surface area contributed by atoms with E-state index >= 15 is 4.39 Å². The Balaban J connectivity index is 2.43. The molecular weight excluding hydrogens is 445 g/mol. The lowest BCUT2D eigenvalue weighted by Crippen LogP contribution is -2.68. The number of carboxylic acid groups (broad SMARTS) is 1. The van der Waals surface area contributed by atoms with Crippen LogP contribution in [-0.2, 0) is 4.79 Å². The first-order valence-electron chi connectivity index (χ1n) is 8.68. The van der Waals surface area contributed by atoms with E-state index in [1.54, 1.807) is 0 Å². The first-order valence-corrected chi connectivity index (χ1v) is 8.68. The fraction of sp³-hybridized carbons (Fsp3) is 0.824. The topological polar surface area (TPSA) is 37.3 Å². The van der Waals surface area contributed by atoms with Crippen molar-refractivity contribution in [3.05, 3.63) is 12.2 Å². The van der Waals surface area contributed by atoms with Crippen LogP contribution in [0.2, 0.25) is 0 Å². The lowest BCUT2D eigenvalue weighted by Gasteiger charge is -2.52. The van der Waals surface area contributed by atoms with E-state index in [4.69, 9.17) is 0 Å². The number of carboxylic acids is 1. The van der Waals surface area contributed by atoms with Crippen molar-refractivity contribution in [1.82, 2.24) is 0 Å². The molecule has 3 aliphatic carbocycles. The molecule has 3 rings (SSSR count). The highest BCUT2D eigenvalue weighted by Gasteiger charge is 2.98. The van der Waals surface area contributed by atoms with Crippen LogP contribution >= 0.6 is 0 Å². The Hall–Kier alpha value is -1.56. The van der Waals surface area contributed by atoms with Crippen LogP contribution < -0.4 is 0 Å². The molecule has 3 aliphatic rings. The van der Waals surface area contributed by atoms with E-state index < -0.39 is 76.8 Å². The molecule has 6 atom stereocenters. The Morgan fingerprint density at radius 3 is 1.87 bits per heavy atom. The van der Waals surface area contributed by atoms with Crippen molar-refractivity contribution in [3.63, 3.8) is 0 Å². The number of carbonyl (C=O) groups is 1. The van der Waals surface area contributed by atoms with Gasteiger partial charge in [0.1, 0.15) is 0 Å². The monoisotopic (exact) mass is 460 g/mol. The molecule has 2 nitrogen and oxygen atoms in total. The minimum absolute atomic E-state index is 0.677. The van der Waals surface area contributed by atoms with Crippen molar-refractivity contribution in [3.8, 4) is 0 Å². The van der Waals surface area contributed by atoms with Crippen LogP contribution in [0.1, 0.15) is 20.3 Å². The van der Waals surface area contributed by atoms with Gasteiger partial charge in [0, 0.05) is 11.3 Å². The number of hydrogen-bond acceptors (Lipinski definition) is 1. The maximum Gasteiger partial charge on any atom is 0.406 e. The minimum atomic E-state index is -6.69. The SMILES string of the molecule is CC(C)C12C=CC(C1)C(C1(F)C(F)C(F)(F)C(F)(F)C1(F)F)C2(C(=O)O)C(F)(F)F. The minimum Gasteiger partial charge on any atom is -0.481 e. The molecule has 30 heavy (non-hydrogen) atoms. The first-order chi connectivity index (χ1) is 13.2. The number of aliphatic carboxylic acids is 1. The highest BCUT2D eigenvalue weighted by Crippen LogP contribution is 2.79. The maximum atomic E-state index is 15.6. The van der Waals surface area contributed by atoms with Crippen molar-refractivity contribution in [2.45, 2.75) is 56.1 Å². The summed E-state index contributed by atoms with van der Waals surface area (Å²) in [6.45, 7) is 2.10. The predicted octanol–water partition coefficient (Wildman–Crippen LogP) is 5.43. The molecule has 2 saturated carbocycles. The quantitative estimate of drug-likeness (QED) is 0.451. The molecule has 2 bridgehead atoms. The molecule has 13 heteroatoms. The summed E-state index contributed by atoms with van der Waals surface area (Å²) in [5, 5.41) is 9.53. The number of hydrogen-bond donors (Lipinski definition) is 1. The smallest absolute Gasteiger partial charge is 0.406 e. The zero-order valence-corrected chi connectivity index (χ0v) is 15.2. The third-order valence-corrected chi connectivity index (χ3v) is 7.09. The van der Waals surface area contributed by atoms with Gasteiger partial charge in [-0.25, -0.2) is 8.78 Å². The average Bonchev–Trinajstić information content (AvgIpc) is 3.16. The van der Waals surface area contributed by atoms with Gasteiger partial charge >= 0.3 is 29.9 Å². The second-order valence-electron chi connectivity index (χ2n) is 8.41. The van der Waals surface area contributed by atoms with Crippen molar-refractivity contribution in [2.24, 2.45) is 28.6 Å². The van der Waals surface area contributed by atoms with Gasteiger partial charge in [0.2, 0.25) is 11.8 Å². The van der Waals surface area contributed by atoms with Gasteiger partial charge < -0.3 is 5.11 Å². The van der Waals surface area contributed by atoms with Gasteiger partial charge in [-0.2, -0.15) is 39.5 Å². The van der Waals surface area contributed by atoms with E-state index in [0.29, 0.717) is 12.2 Å². The van der Waals surface area contributed by atoms with Crippen LogP contribution in [-0.4, -0.2) is 46.9 Å². The Morgan fingerprint density at radius 2 is 1.53 bits per heavy atom. The van der Waals surface area contributed by atoms with E-state index in [1.165, 1.54) is 0 Å². The van der Waals surface area contributed by atoms with Gasteiger partial charge in [0.05, 0.1) is 0 Å². The molecule has 0 spiro atoms. The van der Waals surface area contributed by atoms with E-state index in [0.717, 1.165) is 13.8 Å². The fourth-order valence-corrected chi connectivity index (χ4v) is 5.74. The highest BCUT2D eigenvalue weighted by molar-refractivity contribution is 5.80. The Kier molecular flexibility index (Phi) is 4.33. The zero-order chi connectivity index (χ0) is 23.5. The van der Waals surface area contributed by atoms with Gasteiger partial charge in [-0.15, -0.1) is 0 Å². The van der Waals surface area contributed by atoms with Gasteiger partial charge in [-0.1, -0.05) is 26.0 Å². The van der Waals surface area contributed by atoms with Gasteiger partial charge in [0.15, 0.2) is 5.41 Å². The number of allylic oxidation sites excluding steroid dienone is 2. The molecule has 0 aliphatic heterocycles. The third kappa shape index (κ3) is 1.92. The van der Waals surface area contributed by atoms with Crippen LogP contribution in [0.3, 0.4) is 0 Å². The number of fused-ring (bicyclic) bond motifs is 2. The average molecular weight is 460 g/mol. The van der Waals surface area contributed by atoms with Crippen LogP contribution in [0.15, 0.2) is 12.2 Å². The molecule has 0 saturated heterocycles. The standard InChI is InChI=1S/C17H15F11O2/c1-6(2)11-4-3-7(5-11)8(12(11,10(29)30)17(26,27)28)13(19)9(18)14(20,21)16(24,25)15(13,22)23/h3-4,6-9H,5H2,1-2H3,(H,29,30). The molecule has 0 heterocycles. The van der Waals surface area contributed by atoms with Crippen LogP contribution in [0, 0.1) is 28.6 Å². The van der Waals surface area contributed by atoms with E-state index in [1.807, 2.05) is 0 Å². The third-order valence-electron chi connectivity index (χ3n) is 7.09. The molecule has 2 fully saturated rings. The molecule has 0 aromatic rings.